The van der Waals surface area contributed by atoms with Crippen LogP contribution in [0.5, 0.6) is 0 Å². The van der Waals surface area contributed by atoms with Gasteiger partial charge in [0.1, 0.15) is 5.56 Å². The summed E-state index contributed by atoms with van der Waals surface area (Å²) in [6, 6.07) is 7.87. The number of hydrogen-bond acceptors (Lipinski definition) is 7. The molecule has 8 nitrogen and oxygen atoms in total. The lowest BCUT2D eigenvalue weighted by atomic mass is 10.2. The van der Waals surface area contributed by atoms with Crippen LogP contribution in [0.3, 0.4) is 0 Å². The maximum absolute atomic E-state index is 12.7. The molecule has 1 aliphatic heterocycles. The molecule has 28 heavy (non-hydrogen) atoms. The lowest BCUT2D eigenvalue weighted by Crippen LogP contribution is -2.31. The van der Waals surface area contributed by atoms with Crippen molar-refractivity contribution < 1.29 is 4.79 Å². The Morgan fingerprint density at radius 1 is 1.21 bits per heavy atom. The molecular formula is C19H22N6O2S. The monoisotopic (exact) mass is 398 g/mol. The first kappa shape index (κ1) is 18.4. The van der Waals surface area contributed by atoms with E-state index in [1.165, 1.54) is 22.0 Å². The van der Waals surface area contributed by atoms with Crippen molar-refractivity contribution >= 4 is 33.0 Å². The molecule has 1 fully saturated rings. The van der Waals surface area contributed by atoms with Crippen LogP contribution in [-0.4, -0.2) is 47.7 Å². The van der Waals surface area contributed by atoms with Crippen LogP contribution in [0, 0.1) is 0 Å². The summed E-state index contributed by atoms with van der Waals surface area (Å²) >= 11 is 1.37. The zero-order valence-electron chi connectivity index (χ0n) is 15.9. The third-order valence-electron chi connectivity index (χ3n) is 4.80. The predicted octanol–water partition coefficient (Wildman–Crippen LogP) is 1.75. The topological polar surface area (TPSA) is 82.8 Å². The summed E-state index contributed by atoms with van der Waals surface area (Å²) in [5, 5.41) is 7.95. The molecule has 9 heteroatoms. The van der Waals surface area contributed by atoms with E-state index in [0.29, 0.717) is 11.5 Å². The molecule has 0 atom stereocenters. The van der Waals surface area contributed by atoms with Gasteiger partial charge >= 0.3 is 0 Å². The fourth-order valence-electron chi connectivity index (χ4n) is 3.16. The van der Waals surface area contributed by atoms with Gasteiger partial charge in [-0.05, 0) is 30.5 Å². The predicted molar refractivity (Wildman–Crippen MR) is 111 cm³/mol. The number of amides is 1. The second-order valence-corrected chi connectivity index (χ2v) is 7.93. The molecule has 1 N–H and O–H groups in total. The molecule has 146 valence electrons. The summed E-state index contributed by atoms with van der Waals surface area (Å²) in [6.07, 6.45) is 3.59. The van der Waals surface area contributed by atoms with Crippen molar-refractivity contribution in [3.05, 3.63) is 51.9 Å². The maximum atomic E-state index is 12.7. The minimum Gasteiger partial charge on any atom is -0.378 e. The van der Waals surface area contributed by atoms with Crippen LogP contribution in [0.15, 0.2) is 35.3 Å². The van der Waals surface area contributed by atoms with Crippen LogP contribution >= 0.6 is 11.3 Å². The number of carbonyl (C=O) groups excluding carboxylic acids is 1. The number of fused-ring (bicyclic) bond motifs is 1. The Hall–Kier alpha value is -2.94. The second kappa shape index (κ2) is 7.59. The standard InChI is InChI=1S/C19H22N6O2S/c1-23(2)14-7-5-13(6-8-14)11-20-16(26)15-12-21-18-25(17(15)27)22-19(28-18)24-9-3-4-10-24/h5-8,12H,3-4,9-11H2,1-2H3,(H,20,26). The zero-order chi connectivity index (χ0) is 19.7. The van der Waals surface area contributed by atoms with Gasteiger partial charge in [0.2, 0.25) is 10.1 Å². The molecule has 0 radical (unpaired) electrons. The molecule has 1 aliphatic rings. The largest absolute Gasteiger partial charge is 0.378 e. The van der Waals surface area contributed by atoms with E-state index in [-0.39, 0.29) is 5.56 Å². The Bertz CT molecular complexity index is 1050. The van der Waals surface area contributed by atoms with Crippen molar-refractivity contribution in [2.75, 3.05) is 37.0 Å². The van der Waals surface area contributed by atoms with Crippen LogP contribution in [0.2, 0.25) is 0 Å². The molecule has 0 spiro atoms. The van der Waals surface area contributed by atoms with E-state index >= 15 is 0 Å². The highest BCUT2D eigenvalue weighted by Gasteiger charge is 2.20. The lowest BCUT2D eigenvalue weighted by Gasteiger charge is -2.12. The lowest BCUT2D eigenvalue weighted by molar-refractivity contribution is 0.0948. The first-order valence-corrected chi connectivity index (χ1v) is 10.0. The van der Waals surface area contributed by atoms with E-state index in [1.54, 1.807) is 0 Å². The number of nitrogens with one attached hydrogen (secondary N) is 1. The number of aromatic nitrogens is 3. The first-order chi connectivity index (χ1) is 13.5. The molecule has 1 amide bonds. The highest BCUT2D eigenvalue weighted by Crippen LogP contribution is 2.24. The van der Waals surface area contributed by atoms with Gasteiger partial charge in [0, 0.05) is 45.6 Å². The number of benzene rings is 1. The number of hydrogen-bond donors (Lipinski definition) is 1. The molecule has 1 saturated heterocycles. The average Bonchev–Trinajstić information content (AvgIpc) is 3.36. The zero-order valence-corrected chi connectivity index (χ0v) is 16.7. The molecular weight excluding hydrogens is 376 g/mol. The summed E-state index contributed by atoms with van der Waals surface area (Å²) in [7, 11) is 3.95. The Morgan fingerprint density at radius 3 is 2.61 bits per heavy atom. The van der Waals surface area contributed by atoms with E-state index in [1.807, 2.05) is 43.3 Å². The summed E-state index contributed by atoms with van der Waals surface area (Å²) in [5.74, 6) is -0.445. The van der Waals surface area contributed by atoms with Crippen molar-refractivity contribution in [1.82, 2.24) is 19.9 Å². The van der Waals surface area contributed by atoms with Gasteiger partial charge in [-0.15, -0.1) is 5.10 Å². The van der Waals surface area contributed by atoms with E-state index in [2.05, 4.69) is 20.3 Å². The number of anilines is 2. The quantitative estimate of drug-likeness (QED) is 0.705. The van der Waals surface area contributed by atoms with Gasteiger partial charge < -0.3 is 15.1 Å². The maximum Gasteiger partial charge on any atom is 0.288 e. The highest BCUT2D eigenvalue weighted by molar-refractivity contribution is 7.20. The first-order valence-electron chi connectivity index (χ1n) is 9.21. The summed E-state index contributed by atoms with van der Waals surface area (Å²) in [6.45, 7) is 2.22. The number of rotatable bonds is 5. The Morgan fingerprint density at radius 2 is 1.93 bits per heavy atom. The van der Waals surface area contributed by atoms with Crippen LogP contribution in [-0.2, 0) is 6.54 Å². The van der Waals surface area contributed by atoms with Gasteiger partial charge in [-0.3, -0.25) is 9.59 Å². The van der Waals surface area contributed by atoms with Crippen LogP contribution in [0.25, 0.3) is 4.96 Å². The van der Waals surface area contributed by atoms with E-state index in [4.69, 9.17) is 0 Å². The van der Waals surface area contributed by atoms with E-state index in [0.717, 1.165) is 42.3 Å². The van der Waals surface area contributed by atoms with Crippen molar-refractivity contribution in [1.29, 1.82) is 0 Å². The minimum atomic E-state index is -0.445. The van der Waals surface area contributed by atoms with E-state index in [9.17, 15) is 9.59 Å². The number of carbonyl (C=O) groups is 1. The van der Waals surface area contributed by atoms with Crippen LogP contribution in [0.1, 0.15) is 28.8 Å². The van der Waals surface area contributed by atoms with E-state index < -0.39 is 11.5 Å². The van der Waals surface area contributed by atoms with Crippen LogP contribution < -0.4 is 20.7 Å². The Kier molecular flexibility index (Phi) is 4.99. The van der Waals surface area contributed by atoms with Crippen molar-refractivity contribution in [2.45, 2.75) is 19.4 Å². The molecule has 0 saturated carbocycles. The Balaban J connectivity index is 1.50. The van der Waals surface area contributed by atoms with Gasteiger partial charge in [0.25, 0.3) is 11.5 Å². The molecule has 1 aromatic carbocycles. The van der Waals surface area contributed by atoms with Gasteiger partial charge in [-0.25, -0.2) is 4.98 Å². The molecule has 0 bridgehead atoms. The molecule has 4 rings (SSSR count). The smallest absolute Gasteiger partial charge is 0.288 e. The molecule has 0 aliphatic carbocycles. The fraction of sp³-hybridized carbons (Fsp3) is 0.368. The second-order valence-electron chi connectivity index (χ2n) is 6.99. The summed E-state index contributed by atoms with van der Waals surface area (Å²) < 4.78 is 1.24. The Labute approximate surface area is 166 Å². The number of nitrogens with zero attached hydrogens (tertiary/aromatic N) is 5. The minimum absolute atomic E-state index is 0.000633. The van der Waals surface area contributed by atoms with Crippen molar-refractivity contribution in [2.24, 2.45) is 0 Å². The average molecular weight is 398 g/mol. The normalized spacial score (nSPS) is 13.9. The molecule has 3 heterocycles. The molecule has 2 aromatic heterocycles. The fourth-order valence-corrected chi connectivity index (χ4v) is 4.07. The summed E-state index contributed by atoms with van der Waals surface area (Å²) in [4.78, 5) is 34.2. The SMILES string of the molecule is CN(C)c1ccc(CNC(=O)c2cnc3sc(N4CCCC4)nn3c2=O)cc1. The van der Waals surface area contributed by atoms with Crippen molar-refractivity contribution in [3.8, 4) is 0 Å². The molecule has 3 aromatic rings. The summed E-state index contributed by atoms with van der Waals surface area (Å²) in [5.41, 5.74) is 1.60. The van der Waals surface area contributed by atoms with Gasteiger partial charge in [0.05, 0.1) is 0 Å². The third-order valence-corrected chi connectivity index (χ3v) is 5.79. The van der Waals surface area contributed by atoms with Gasteiger partial charge in [0.15, 0.2) is 0 Å². The van der Waals surface area contributed by atoms with Crippen molar-refractivity contribution in [3.63, 3.8) is 0 Å². The molecule has 0 unspecified atom stereocenters. The van der Waals surface area contributed by atoms with Gasteiger partial charge in [-0.2, -0.15) is 4.52 Å². The third kappa shape index (κ3) is 3.57. The highest BCUT2D eigenvalue weighted by atomic mass is 32.1. The van der Waals surface area contributed by atoms with Gasteiger partial charge in [-0.1, -0.05) is 23.5 Å². The van der Waals surface area contributed by atoms with Crippen LogP contribution in [0.4, 0.5) is 10.8 Å².